The van der Waals surface area contributed by atoms with Crippen molar-refractivity contribution in [2.45, 2.75) is 51.0 Å². The van der Waals surface area contributed by atoms with Crippen molar-refractivity contribution in [3.63, 3.8) is 0 Å². The Hall–Kier alpha value is -0.630. The molecule has 80 valence electrons. The highest BCUT2D eigenvalue weighted by atomic mass is 16.6. The van der Waals surface area contributed by atoms with E-state index in [1.54, 1.807) is 0 Å². The fraction of sp³-hybridized carbons (Fsp3) is 0.750. The number of carbonyl (C=O) groups is 1. The highest BCUT2D eigenvalue weighted by Gasteiger charge is 2.20. The largest absolute Gasteiger partial charge is 0.373 e. The number of carbonyl (C=O) groups excluding carboxylic acids is 1. The minimum Gasteiger partial charge on any atom is -0.373 e. The van der Waals surface area contributed by atoms with Crippen LogP contribution in [0.25, 0.3) is 0 Å². The van der Waals surface area contributed by atoms with E-state index in [9.17, 15) is 4.79 Å². The molecule has 1 fully saturated rings. The number of ether oxygens (including phenoxy) is 1. The molecule has 0 spiro atoms. The molecule has 0 bridgehead atoms. The predicted octanol–water partition coefficient (Wildman–Crippen LogP) is 2.87. The molecule has 0 saturated carbocycles. The molecule has 1 atom stereocenters. The molecule has 0 N–H and O–H groups in total. The zero-order valence-corrected chi connectivity index (χ0v) is 8.84. The summed E-state index contributed by atoms with van der Waals surface area (Å²) in [6.07, 6.45) is 9.90. The lowest BCUT2D eigenvalue weighted by Gasteiger charge is -1.99. The summed E-state index contributed by atoms with van der Waals surface area (Å²) in [5, 5.41) is 0. The van der Waals surface area contributed by atoms with Crippen LogP contribution in [0.2, 0.25) is 0 Å². The number of epoxide rings is 1. The summed E-state index contributed by atoms with van der Waals surface area (Å²) in [4.78, 5) is 10.9. The van der Waals surface area contributed by atoms with Gasteiger partial charge in [-0.2, -0.15) is 0 Å². The molecule has 1 rings (SSSR count). The highest BCUT2D eigenvalue weighted by Crippen LogP contribution is 2.17. The third-order valence-electron chi connectivity index (χ3n) is 2.58. The normalized spacial score (nSPS) is 19.3. The van der Waals surface area contributed by atoms with Crippen LogP contribution >= 0.6 is 0 Å². The van der Waals surface area contributed by atoms with E-state index in [-0.39, 0.29) is 5.78 Å². The molecule has 0 aromatic rings. The summed E-state index contributed by atoms with van der Waals surface area (Å²) >= 11 is 0. The molecule has 0 amide bonds. The topological polar surface area (TPSA) is 29.6 Å². The minimum atomic E-state index is 0.177. The van der Waals surface area contributed by atoms with Crippen LogP contribution < -0.4 is 0 Å². The SMILES string of the molecule is C=CC(=O)CCCCCCCC1CO1. The average molecular weight is 196 g/mol. The van der Waals surface area contributed by atoms with Gasteiger partial charge in [0.15, 0.2) is 5.78 Å². The molecule has 1 unspecified atom stereocenters. The summed E-state index contributed by atoms with van der Waals surface area (Å²) < 4.78 is 5.13. The summed E-state index contributed by atoms with van der Waals surface area (Å²) in [6, 6.07) is 0. The molecular weight excluding hydrogens is 176 g/mol. The van der Waals surface area contributed by atoms with Gasteiger partial charge in [-0.05, 0) is 18.9 Å². The second-order valence-electron chi connectivity index (χ2n) is 3.93. The van der Waals surface area contributed by atoms with Gasteiger partial charge in [0.05, 0.1) is 12.7 Å². The zero-order valence-electron chi connectivity index (χ0n) is 8.84. The second-order valence-corrected chi connectivity index (χ2v) is 3.93. The standard InChI is InChI=1S/C12H20O2/c1-2-11(13)8-6-4-3-5-7-9-12-10-14-12/h2,12H,1,3-10H2. The quantitative estimate of drug-likeness (QED) is 0.322. The Kier molecular flexibility index (Phi) is 5.53. The van der Waals surface area contributed by atoms with Crippen molar-refractivity contribution in [1.29, 1.82) is 0 Å². The van der Waals surface area contributed by atoms with E-state index in [1.165, 1.54) is 38.2 Å². The molecule has 1 aliphatic rings. The Labute approximate surface area is 86.3 Å². The van der Waals surface area contributed by atoms with Crippen LogP contribution in [-0.2, 0) is 9.53 Å². The average Bonchev–Trinajstić information content (AvgIpc) is 2.99. The maximum Gasteiger partial charge on any atom is 0.155 e. The lowest BCUT2D eigenvalue weighted by Crippen LogP contribution is -1.91. The van der Waals surface area contributed by atoms with Crippen LogP contribution in [0, 0.1) is 0 Å². The Morgan fingerprint density at radius 1 is 1.29 bits per heavy atom. The monoisotopic (exact) mass is 196 g/mol. The summed E-state index contributed by atoms with van der Waals surface area (Å²) in [7, 11) is 0. The van der Waals surface area contributed by atoms with Crippen LogP contribution in [0.15, 0.2) is 12.7 Å². The maximum absolute atomic E-state index is 10.9. The molecule has 0 aromatic heterocycles. The smallest absolute Gasteiger partial charge is 0.155 e. The van der Waals surface area contributed by atoms with Gasteiger partial charge < -0.3 is 4.74 Å². The number of rotatable bonds is 9. The van der Waals surface area contributed by atoms with E-state index in [0.29, 0.717) is 12.5 Å². The fourth-order valence-corrected chi connectivity index (χ4v) is 1.54. The summed E-state index contributed by atoms with van der Waals surface area (Å²) in [6.45, 7) is 4.43. The van der Waals surface area contributed by atoms with Gasteiger partial charge in [-0.1, -0.05) is 32.3 Å². The van der Waals surface area contributed by atoms with Crippen LogP contribution in [0.3, 0.4) is 0 Å². The van der Waals surface area contributed by atoms with Gasteiger partial charge in [-0.3, -0.25) is 4.79 Å². The first kappa shape index (κ1) is 11.4. The van der Waals surface area contributed by atoms with Crippen molar-refractivity contribution in [2.75, 3.05) is 6.61 Å². The van der Waals surface area contributed by atoms with E-state index in [2.05, 4.69) is 6.58 Å². The fourth-order valence-electron chi connectivity index (χ4n) is 1.54. The third-order valence-corrected chi connectivity index (χ3v) is 2.58. The van der Waals surface area contributed by atoms with Crippen LogP contribution in [-0.4, -0.2) is 18.5 Å². The van der Waals surface area contributed by atoms with Crippen LogP contribution in [0.5, 0.6) is 0 Å². The van der Waals surface area contributed by atoms with Crippen LogP contribution in [0.4, 0.5) is 0 Å². The number of unbranched alkanes of at least 4 members (excludes halogenated alkanes) is 4. The van der Waals surface area contributed by atoms with Gasteiger partial charge in [-0.25, -0.2) is 0 Å². The minimum absolute atomic E-state index is 0.177. The van der Waals surface area contributed by atoms with Crippen molar-refractivity contribution in [3.05, 3.63) is 12.7 Å². The Morgan fingerprint density at radius 3 is 2.57 bits per heavy atom. The predicted molar refractivity (Wildman–Crippen MR) is 57.3 cm³/mol. The van der Waals surface area contributed by atoms with Crippen LogP contribution in [0.1, 0.15) is 44.9 Å². The van der Waals surface area contributed by atoms with Gasteiger partial charge >= 0.3 is 0 Å². The lowest BCUT2D eigenvalue weighted by molar-refractivity contribution is -0.114. The van der Waals surface area contributed by atoms with Gasteiger partial charge in [0.25, 0.3) is 0 Å². The molecule has 14 heavy (non-hydrogen) atoms. The Balaban J connectivity index is 1.74. The first-order valence-electron chi connectivity index (χ1n) is 5.60. The summed E-state index contributed by atoms with van der Waals surface area (Å²) in [5.41, 5.74) is 0. The molecule has 1 aliphatic heterocycles. The lowest BCUT2D eigenvalue weighted by atomic mass is 10.1. The molecule has 0 aromatic carbocycles. The number of hydrogen-bond acceptors (Lipinski definition) is 2. The van der Waals surface area contributed by atoms with Gasteiger partial charge in [-0.15, -0.1) is 0 Å². The third kappa shape index (κ3) is 5.92. The van der Waals surface area contributed by atoms with E-state index in [0.717, 1.165) is 13.0 Å². The first-order valence-corrected chi connectivity index (χ1v) is 5.60. The molecular formula is C12H20O2. The number of allylic oxidation sites excluding steroid dienone is 1. The second kappa shape index (κ2) is 6.77. The molecule has 0 aliphatic carbocycles. The maximum atomic E-state index is 10.9. The van der Waals surface area contributed by atoms with Crippen molar-refractivity contribution in [1.82, 2.24) is 0 Å². The molecule has 2 nitrogen and oxygen atoms in total. The highest BCUT2D eigenvalue weighted by molar-refractivity contribution is 5.88. The molecule has 2 heteroatoms. The first-order chi connectivity index (χ1) is 6.83. The van der Waals surface area contributed by atoms with E-state index >= 15 is 0 Å². The summed E-state index contributed by atoms with van der Waals surface area (Å²) in [5.74, 6) is 0.177. The van der Waals surface area contributed by atoms with E-state index < -0.39 is 0 Å². The van der Waals surface area contributed by atoms with E-state index in [1.807, 2.05) is 0 Å². The van der Waals surface area contributed by atoms with Crippen molar-refractivity contribution >= 4 is 5.78 Å². The Bertz CT molecular complexity index is 183. The van der Waals surface area contributed by atoms with Crippen molar-refractivity contribution in [2.24, 2.45) is 0 Å². The van der Waals surface area contributed by atoms with Gasteiger partial charge in [0, 0.05) is 6.42 Å². The van der Waals surface area contributed by atoms with E-state index in [4.69, 9.17) is 4.74 Å². The van der Waals surface area contributed by atoms with Crippen molar-refractivity contribution < 1.29 is 9.53 Å². The number of ketones is 1. The molecule has 1 heterocycles. The zero-order chi connectivity index (χ0) is 10.2. The number of hydrogen-bond donors (Lipinski definition) is 0. The van der Waals surface area contributed by atoms with Crippen molar-refractivity contribution in [3.8, 4) is 0 Å². The molecule has 0 radical (unpaired) electrons. The van der Waals surface area contributed by atoms with Gasteiger partial charge in [0.2, 0.25) is 0 Å². The molecule has 1 saturated heterocycles. The van der Waals surface area contributed by atoms with Gasteiger partial charge in [0.1, 0.15) is 0 Å². The Morgan fingerprint density at radius 2 is 1.93 bits per heavy atom.